The van der Waals surface area contributed by atoms with E-state index in [1.165, 1.54) is 4.90 Å². The smallest absolute Gasteiger partial charge is 0.229 e. The summed E-state index contributed by atoms with van der Waals surface area (Å²) in [6.07, 6.45) is 2.65. The first kappa shape index (κ1) is 12.5. The molecule has 1 aromatic rings. The molecule has 2 amide bonds. The maximum atomic E-state index is 11.8. The highest BCUT2D eigenvalue weighted by Crippen LogP contribution is 2.16. The summed E-state index contributed by atoms with van der Waals surface area (Å²) in [5.41, 5.74) is 1.01. The fraction of sp³-hybridized carbons (Fsp3) is 0.385. The van der Waals surface area contributed by atoms with E-state index >= 15 is 0 Å². The van der Waals surface area contributed by atoms with Crippen LogP contribution in [0.3, 0.4) is 0 Å². The molecule has 0 spiro atoms. The van der Waals surface area contributed by atoms with Crippen LogP contribution in [-0.2, 0) is 16.1 Å². The van der Waals surface area contributed by atoms with E-state index < -0.39 is 0 Å². The van der Waals surface area contributed by atoms with E-state index in [0.717, 1.165) is 22.0 Å². The summed E-state index contributed by atoms with van der Waals surface area (Å²) in [7, 11) is 0. The van der Waals surface area contributed by atoms with E-state index in [9.17, 15) is 9.59 Å². The van der Waals surface area contributed by atoms with Gasteiger partial charge in [-0.1, -0.05) is 12.1 Å². The van der Waals surface area contributed by atoms with Gasteiger partial charge in [-0.3, -0.25) is 14.5 Å². The summed E-state index contributed by atoms with van der Waals surface area (Å²) in [6, 6.07) is 7.91. The minimum Gasteiger partial charge on any atom is -0.278 e. The molecule has 1 aromatic carbocycles. The van der Waals surface area contributed by atoms with Crippen molar-refractivity contribution in [3.63, 3.8) is 0 Å². The third-order valence-electron chi connectivity index (χ3n) is 2.89. The highest BCUT2D eigenvalue weighted by Gasteiger charge is 2.23. The van der Waals surface area contributed by atoms with Crippen LogP contribution in [0.5, 0.6) is 0 Å². The van der Waals surface area contributed by atoms with Gasteiger partial charge in [0, 0.05) is 16.4 Å². The van der Waals surface area contributed by atoms with Gasteiger partial charge in [-0.15, -0.1) is 0 Å². The molecule has 1 heterocycles. The average Bonchev–Trinajstić information content (AvgIpc) is 2.47. The molecule has 1 saturated heterocycles. The van der Waals surface area contributed by atoms with E-state index in [1.54, 1.807) is 0 Å². The number of imide groups is 1. The molecule has 3 nitrogen and oxygen atoms in total. The van der Waals surface area contributed by atoms with Gasteiger partial charge in [-0.05, 0) is 53.1 Å². The van der Waals surface area contributed by atoms with Gasteiger partial charge in [-0.2, -0.15) is 0 Å². The molecule has 0 atom stereocenters. The number of likely N-dealkylation sites (tertiary alicyclic amines) is 1. The first-order valence-electron chi connectivity index (χ1n) is 5.74. The zero-order chi connectivity index (χ0) is 12.3. The Morgan fingerprint density at radius 2 is 1.53 bits per heavy atom. The van der Waals surface area contributed by atoms with Crippen LogP contribution in [-0.4, -0.2) is 16.7 Å². The second kappa shape index (κ2) is 5.62. The molecular weight excluding hydrogens is 329 g/mol. The minimum absolute atomic E-state index is 0.0361. The quantitative estimate of drug-likeness (QED) is 0.612. The van der Waals surface area contributed by atoms with Crippen LogP contribution in [0.15, 0.2) is 24.3 Å². The molecule has 0 radical (unpaired) electrons. The van der Waals surface area contributed by atoms with Gasteiger partial charge < -0.3 is 0 Å². The van der Waals surface area contributed by atoms with E-state index in [4.69, 9.17) is 0 Å². The Morgan fingerprint density at radius 1 is 1.00 bits per heavy atom. The lowest BCUT2D eigenvalue weighted by atomic mass is 10.2. The number of benzene rings is 1. The maximum Gasteiger partial charge on any atom is 0.229 e. The third kappa shape index (κ3) is 3.28. The highest BCUT2D eigenvalue weighted by molar-refractivity contribution is 14.1. The van der Waals surface area contributed by atoms with Crippen LogP contribution in [0, 0.1) is 3.57 Å². The van der Waals surface area contributed by atoms with E-state index in [1.807, 2.05) is 24.3 Å². The second-order valence-electron chi connectivity index (χ2n) is 4.21. The topological polar surface area (TPSA) is 37.4 Å². The van der Waals surface area contributed by atoms with Crippen LogP contribution in [0.4, 0.5) is 0 Å². The number of amides is 2. The van der Waals surface area contributed by atoms with Crippen LogP contribution < -0.4 is 0 Å². The lowest BCUT2D eigenvalue weighted by molar-refractivity contribution is -0.144. The first-order chi connectivity index (χ1) is 8.16. The normalized spacial score (nSPS) is 17.1. The van der Waals surface area contributed by atoms with Crippen molar-refractivity contribution in [2.45, 2.75) is 32.2 Å². The van der Waals surface area contributed by atoms with E-state index in [2.05, 4.69) is 22.6 Å². The van der Waals surface area contributed by atoms with Crippen LogP contribution >= 0.6 is 22.6 Å². The van der Waals surface area contributed by atoms with Gasteiger partial charge in [0.1, 0.15) is 0 Å². The Labute approximate surface area is 114 Å². The van der Waals surface area contributed by atoms with Crippen molar-refractivity contribution in [3.8, 4) is 0 Å². The maximum absolute atomic E-state index is 11.8. The highest BCUT2D eigenvalue weighted by atomic mass is 127. The molecule has 0 bridgehead atoms. The van der Waals surface area contributed by atoms with Crippen LogP contribution in [0.25, 0.3) is 0 Å². The van der Waals surface area contributed by atoms with Gasteiger partial charge in [0.15, 0.2) is 0 Å². The zero-order valence-electron chi connectivity index (χ0n) is 9.49. The summed E-state index contributed by atoms with van der Waals surface area (Å²) >= 11 is 2.23. The van der Waals surface area contributed by atoms with Crippen LogP contribution in [0.1, 0.15) is 31.2 Å². The number of carbonyl (C=O) groups is 2. The Balaban J connectivity index is 2.12. The summed E-state index contributed by atoms with van der Waals surface area (Å²) in [5.74, 6) is -0.0721. The van der Waals surface area contributed by atoms with Gasteiger partial charge in [0.25, 0.3) is 0 Å². The van der Waals surface area contributed by atoms with Gasteiger partial charge in [0.05, 0.1) is 6.54 Å². The van der Waals surface area contributed by atoms with Gasteiger partial charge in [0.2, 0.25) is 11.8 Å². The molecule has 1 aliphatic rings. The Morgan fingerprint density at radius 3 is 2.06 bits per heavy atom. The van der Waals surface area contributed by atoms with Crippen LogP contribution in [0.2, 0.25) is 0 Å². The van der Waals surface area contributed by atoms with Crippen molar-refractivity contribution in [1.29, 1.82) is 0 Å². The Hall–Kier alpha value is -0.910. The van der Waals surface area contributed by atoms with Crippen molar-refractivity contribution in [1.82, 2.24) is 4.90 Å². The van der Waals surface area contributed by atoms with Gasteiger partial charge in [-0.25, -0.2) is 0 Å². The predicted octanol–water partition coefficient (Wildman–Crippen LogP) is 2.72. The zero-order valence-corrected chi connectivity index (χ0v) is 11.6. The molecule has 4 heteroatoms. The standard InChI is InChI=1S/C13H14INO2/c14-11-7-5-10(6-8-11)9-15-12(16)3-1-2-4-13(15)17/h5-8H,1-4,9H2. The molecule has 17 heavy (non-hydrogen) atoms. The van der Waals surface area contributed by atoms with E-state index in [0.29, 0.717) is 19.4 Å². The molecule has 2 rings (SSSR count). The molecule has 0 saturated carbocycles. The molecule has 0 unspecified atom stereocenters. The number of carbonyl (C=O) groups excluding carboxylic acids is 2. The Kier molecular flexibility index (Phi) is 4.15. The fourth-order valence-electron chi connectivity index (χ4n) is 1.91. The molecule has 0 aliphatic carbocycles. The largest absolute Gasteiger partial charge is 0.278 e. The number of nitrogens with zero attached hydrogens (tertiary/aromatic N) is 1. The fourth-order valence-corrected chi connectivity index (χ4v) is 2.27. The van der Waals surface area contributed by atoms with E-state index in [-0.39, 0.29) is 11.8 Å². The summed E-state index contributed by atoms with van der Waals surface area (Å²) < 4.78 is 1.15. The SMILES string of the molecule is O=C1CCCCC(=O)N1Cc1ccc(I)cc1. The predicted molar refractivity (Wildman–Crippen MR) is 73.2 cm³/mol. The summed E-state index contributed by atoms with van der Waals surface area (Å²) in [6.45, 7) is 0.411. The third-order valence-corrected chi connectivity index (χ3v) is 3.61. The van der Waals surface area contributed by atoms with Crippen molar-refractivity contribution < 1.29 is 9.59 Å². The monoisotopic (exact) mass is 343 g/mol. The Bertz CT molecular complexity index is 410. The molecule has 0 N–H and O–H groups in total. The lowest BCUT2D eigenvalue weighted by Gasteiger charge is -2.18. The van der Waals surface area contributed by atoms with Crippen molar-refractivity contribution in [2.75, 3.05) is 0 Å². The lowest BCUT2D eigenvalue weighted by Crippen LogP contribution is -2.34. The number of hydrogen-bond acceptors (Lipinski definition) is 2. The molecule has 0 aromatic heterocycles. The number of rotatable bonds is 2. The van der Waals surface area contributed by atoms with Gasteiger partial charge >= 0.3 is 0 Å². The van der Waals surface area contributed by atoms with Crippen molar-refractivity contribution >= 4 is 34.4 Å². The average molecular weight is 343 g/mol. The molecular formula is C13H14INO2. The van der Waals surface area contributed by atoms with Crippen molar-refractivity contribution in [2.24, 2.45) is 0 Å². The molecule has 1 fully saturated rings. The number of halogens is 1. The molecule has 1 aliphatic heterocycles. The minimum atomic E-state index is -0.0361. The second-order valence-corrected chi connectivity index (χ2v) is 5.45. The number of hydrogen-bond donors (Lipinski definition) is 0. The first-order valence-corrected chi connectivity index (χ1v) is 6.82. The summed E-state index contributed by atoms with van der Waals surface area (Å²) in [5, 5.41) is 0. The molecule has 90 valence electrons. The van der Waals surface area contributed by atoms with Crippen molar-refractivity contribution in [3.05, 3.63) is 33.4 Å². The summed E-state index contributed by atoms with van der Waals surface area (Å²) in [4.78, 5) is 25.0.